The van der Waals surface area contributed by atoms with E-state index in [-0.39, 0.29) is 0 Å². The molecule has 0 aliphatic carbocycles. The van der Waals surface area contributed by atoms with Crippen molar-refractivity contribution in [3.8, 4) is 0 Å². The van der Waals surface area contributed by atoms with Crippen LogP contribution in [-0.2, 0) is 4.43 Å². The Bertz CT molecular complexity index is 187. The van der Waals surface area contributed by atoms with Crippen LogP contribution in [0.3, 0.4) is 0 Å². The second-order valence-corrected chi connectivity index (χ2v) is 9.70. The summed E-state index contributed by atoms with van der Waals surface area (Å²) in [5.74, 6) is 1.14. The summed E-state index contributed by atoms with van der Waals surface area (Å²) >= 11 is 0. The van der Waals surface area contributed by atoms with Crippen LogP contribution in [0.4, 0.5) is 0 Å². The van der Waals surface area contributed by atoms with Crippen LogP contribution in [-0.4, -0.2) is 8.32 Å². The molecular formula is C11H24OSi. The fourth-order valence-corrected chi connectivity index (χ4v) is 2.04. The fourth-order valence-electron chi connectivity index (χ4n) is 0.816. The van der Waals surface area contributed by atoms with Gasteiger partial charge < -0.3 is 4.43 Å². The van der Waals surface area contributed by atoms with Crippen molar-refractivity contribution in [2.24, 2.45) is 0 Å². The molecule has 0 aliphatic heterocycles. The normalized spacial score (nSPS) is 14.5. The van der Waals surface area contributed by atoms with Crippen molar-refractivity contribution in [1.82, 2.24) is 0 Å². The number of hydrogen-bond donors (Lipinski definition) is 0. The summed E-state index contributed by atoms with van der Waals surface area (Å²) in [6.45, 7) is 15.6. The minimum Gasteiger partial charge on any atom is -0.547 e. The first-order chi connectivity index (χ1) is 5.74. The average Bonchev–Trinajstić information content (AvgIpc) is 1.98. The Balaban J connectivity index is 4.51. The van der Waals surface area contributed by atoms with Crippen molar-refractivity contribution < 1.29 is 4.43 Å². The first-order valence-corrected chi connectivity index (χ1v) is 7.99. The third kappa shape index (κ3) is 3.55. The van der Waals surface area contributed by atoms with Crippen molar-refractivity contribution in [3.05, 3.63) is 11.8 Å². The zero-order valence-electron chi connectivity index (χ0n) is 10.2. The van der Waals surface area contributed by atoms with E-state index in [1.165, 1.54) is 0 Å². The molecule has 1 nitrogen and oxygen atoms in total. The lowest BCUT2D eigenvalue weighted by Gasteiger charge is -2.37. The van der Waals surface area contributed by atoms with Gasteiger partial charge in [0.25, 0.3) is 0 Å². The standard InChI is InChI=1S/C11H24OSi/c1-8-10(9-2)12-13(6,7)11(3,4)5/h8H,9H2,1-7H3/b10-8-. The Kier molecular flexibility index (Phi) is 4.23. The topological polar surface area (TPSA) is 9.23 Å². The molecule has 0 heterocycles. The predicted molar refractivity (Wildman–Crippen MR) is 62.3 cm³/mol. The second-order valence-electron chi connectivity index (χ2n) is 4.97. The number of hydrogen-bond acceptors (Lipinski definition) is 1. The van der Waals surface area contributed by atoms with Gasteiger partial charge in [0, 0.05) is 6.42 Å². The summed E-state index contributed by atoms with van der Waals surface area (Å²) in [5.41, 5.74) is 0. The van der Waals surface area contributed by atoms with Crippen LogP contribution in [0.25, 0.3) is 0 Å². The molecule has 0 aromatic carbocycles. The van der Waals surface area contributed by atoms with E-state index >= 15 is 0 Å². The van der Waals surface area contributed by atoms with Gasteiger partial charge in [0.1, 0.15) is 0 Å². The molecule has 0 N–H and O–H groups in total. The van der Waals surface area contributed by atoms with E-state index in [2.05, 4.69) is 46.9 Å². The van der Waals surface area contributed by atoms with Crippen LogP contribution in [0.2, 0.25) is 18.1 Å². The van der Waals surface area contributed by atoms with Gasteiger partial charge in [-0.2, -0.15) is 0 Å². The van der Waals surface area contributed by atoms with Gasteiger partial charge in [-0.25, -0.2) is 0 Å². The van der Waals surface area contributed by atoms with E-state index in [4.69, 9.17) is 4.43 Å². The van der Waals surface area contributed by atoms with Crippen LogP contribution >= 0.6 is 0 Å². The van der Waals surface area contributed by atoms with E-state index in [0.717, 1.165) is 12.2 Å². The number of allylic oxidation sites excluding steroid dienone is 2. The first kappa shape index (κ1) is 12.8. The van der Waals surface area contributed by atoms with Gasteiger partial charge >= 0.3 is 0 Å². The lowest BCUT2D eigenvalue weighted by molar-refractivity contribution is 0.370. The monoisotopic (exact) mass is 200 g/mol. The van der Waals surface area contributed by atoms with Gasteiger partial charge in [-0.15, -0.1) is 0 Å². The minimum atomic E-state index is -1.58. The Hall–Kier alpha value is -0.243. The lowest BCUT2D eigenvalue weighted by Crippen LogP contribution is -2.40. The van der Waals surface area contributed by atoms with E-state index in [1.54, 1.807) is 0 Å². The molecule has 0 radical (unpaired) electrons. The van der Waals surface area contributed by atoms with E-state index in [1.807, 2.05) is 6.92 Å². The molecule has 0 spiro atoms. The second kappa shape index (κ2) is 4.31. The van der Waals surface area contributed by atoms with Crippen molar-refractivity contribution in [2.75, 3.05) is 0 Å². The highest BCUT2D eigenvalue weighted by Crippen LogP contribution is 2.38. The largest absolute Gasteiger partial charge is 0.547 e. The summed E-state index contributed by atoms with van der Waals surface area (Å²) < 4.78 is 6.10. The molecule has 0 aliphatic rings. The van der Waals surface area contributed by atoms with Gasteiger partial charge in [-0.05, 0) is 25.1 Å². The summed E-state index contributed by atoms with van der Waals surface area (Å²) in [7, 11) is -1.58. The Morgan fingerprint density at radius 1 is 1.31 bits per heavy atom. The highest BCUT2D eigenvalue weighted by molar-refractivity contribution is 6.74. The molecule has 78 valence electrons. The van der Waals surface area contributed by atoms with Crippen LogP contribution in [0.15, 0.2) is 11.8 Å². The van der Waals surface area contributed by atoms with Gasteiger partial charge in [0.15, 0.2) is 0 Å². The van der Waals surface area contributed by atoms with Crippen LogP contribution in [0.1, 0.15) is 41.0 Å². The first-order valence-electron chi connectivity index (χ1n) is 5.08. The third-order valence-corrected chi connectivity index (χ3v) is 7.25. The summed E-state index contributed by atoms with van der Waals surface area (Å²) in [6, 6.07) is 0. The zero-order valence-corrected chi connectivity index (χ0v) is 11.2. The Labute approximate surface area is 84.3 Å². The molecule has 0 saturated carbocycles. The summed E-state index contributed by atoms with van der Waals surface area (Å²) in [6.07, 6.45) is 3.09. The van der Waals surface area contributed by atoms with Crippen molar-refractivity contribution >= 4 is 8.32 Å². The Morgan fingerprint density at radius 3 is 2.00 bits per heavy atom. The maximum Gasteiger partial charge on any atom is 0.250 e. The van der Waals surface area contributed by atoms with E-state index in [0.29, 0.717) is 5.04 Å². The molecule has 0 bridgehead atoms. The van der Waals surface area contributed by atoms with Gasteiger partial charge in [0.05, 0.1) is 5.76 Å². The number of rotatable bonds is 3. The molecule has 0 amide bonds. The fraction of sp³-hybridized carbons (Fsp3) is 0.818. The molecule has 13 heavy (non-hydrogen) atoms. The molecule has 0 saturated heterocycles. The summed E-state index contributed by atoms with van der Waals surface area (Å²) in [5, 5.41) is 0.302. The molecule has 0 aromatic heterocycles. The van der Waals surface area contributed by atoms with Crippen LogP contribution < -0.4 is 0 Å². The SMILES string of the molecule is C/C=C(/CC)O[Si](C)(C)C(C)(C)C. The Morgan fingerprint density at radius 2 is 1.77 bits per heavy atom. The maximum atomic E-state index is 6.10. The molecular weight excluding hydrogens is 176 g/mol. The lowest BCUT2D eigenvalue weighted by atomic mass is 10.2. The van der Waals surface area contributed by atoms with Crippen molar-refractivity contribution in [1.29, 1.82) is 0 Å². The predicted octanol–water partition coefficient (Wildman–Crippen LogP) is 4.32. The molecule has 0 atom stereocenters. The van der Waals surface area contributed by atoms with Crippen molar-refractivity contribution in [3.63, 3.8) is 0 Å². The highest BCUT2D eigenvalue weighted by Gasteiger charge is 2.38. The highest BCUT2D eigenvalue weighted by atomic mass is 28.4. The third-order valence-electron chi connectivity index (χ3n) is 2.86. The van der Waals surface area contributed by atoms with Crippen LogP contribution in [0.5, 0.6) is 0 Å². The molecule has 2 heteroatoms. The van der Waals surface area contributed by atoms with Gasteiger partial charge in [0.2, 0.25) is 8.32 Å². The van der Waals surface area contributed by atoms with Gasteiger partial charge in [-0.1, -0.05) is 33.8 Å². The quantitative estimate of drug-likeness (QED) is 0.487. The maximum absolute atomic E-state index is 6.10. The minimum absolute atomic E-state index is 0.302. The molecule has 0 unspecified atom stereocenters. The molecule has 0 fully saturated rings. The van der Waals surface area contributed by atoms with Gasteiger partial charge in [-0.3, -0.25) is 0 Å². The van der Waals surface area contributed by atoms with Crippen molar-refractivity contribution in [2.45, 2.75) is 59.2 Å². The van der Waals surface area contributed by atoms with E-state index < -0.39 is 8.32 Å². The smallest absolute Gasteiger partial charge is 0.250 e. The molecule has 0 aromatic rings. The average molecular weight is 200 g/mol. The zero-order chi connectivity index (χ0) is 10.7. The van der Waals surface area contributed by atoms with Crippen LogP contribution in [0, 0.1) is 0 Å². The molecule has 0 rings (SSSR count). The van der Waals surface area contributed by atoms with E-state index in [9.17, 15) is 0 Å². The summed E-state index contributed by atoms with van der Waals surface area (Å²) in [4.78, 5) is 0.